The second kappa shape index (κ2) is 17.1. The number of hydrogen-bond donors (Lipinski definition) is 4. The normalized spacial score (nSPS) is 20.8. The van der Waals surface area contributed by atoms with Gasteiger partial charge in [0.15, 0.2) is 12.2 Å². The van der Waals surface area contributed by atoms with E-state index in [4.69, 9.17) is 18.9 Å². The number of carbonyl (C=O) groups excluding carboxylic acids is 8. The van der Waals surface area contributed by atoms with Gasteiger partial charge in [-0.25, -0.2) is 19.2 Å². The molecule has 4 amide bonds. The van der Waals surface area contributed by atoms with Crippen molar-refractivity contribution < 1.29 is 57.3 Å². The van der Waals surface area contributed by atoms with Gasteiger partial charge in [-0.3, -0.25) is 19.2 Å². The minimum atomic E-state index is -1.24. The minimum Gasteiger partial charge on any atom is -0.457 e. The topological polar surface area (TPSA) is 222 Å². The fourth-order valence-corrected chi connectivity index (χ4v) is 5.57. The van der Waals surface area contributed by atoms with Crippen molar-refractivity contribution >= 4 is 69.1 Å². The van der Waals surface area contributed by atoms with Crippen molar-refractivity contribution in [2.45, 2.75) is 52.7 Å². The lowest BCUT2D eigenvalue weighted by Gasteiger charge is -2.28. The summed E-state index contributed by atoms with van der Waals surface area (Å²) in [7, 11) is 2.99. The summed E-state index contributed by atoms with van der Waals surface area (Å²) in [5.41, 5.74) is -1.87. The number of esters is 4. The third kappa shape index (κ3) is 11.9. The summed E-state index contributed by atoms with van der Waals surface area (Å²) in [6.07, 6.45) is -2.46. The molecule has 0 radical (unpaired) electrons. The van der Waals surface area contributed by atoms with Crippen molar-refractivity contribution in [2.75, 3.05) is 50.9 Å². The number of ether oxygens (including phenoxy) is 4. The second-order valence-electron chi connectivity index (χ2n) is 11.1. The van der Waals surface area contributed by atoms with Gasteiger partial charge in [-0.1, -0.05) is 49.3 Å². The number of carbonyl (C=O) groups is 8. The summed E-state index contributed by atoms with van der Waals surface area (Å²) in [5, 5.41) is 10.5. The van der Waals surface area contributed by atoms with Crippen LogP contribution in [0.2, 0.25) is 0 Å². The Bertz CT molecular complexity index is 1040. The van der Waals surface area contributed by atoms with Crippen LogP contribution in [-0.4, -0.2) is 111 Å². The summed E-state index contributed by atoms with van der Waals surface area (Å²) in [6, 6.07) is 0. The molecule has 0 aromatic heterocycles. The smallest absolute Gasteiger partial charge is 0.418 e. The van der Waals surface area contributed by atoms with E-state index in [9.17, 15) is 38.4 Å². The van der Waals surface area contributed by atoms with Gasteiger partial charge in [0.05, 0.1) is 0 Å². The molecule has 2 rings (SSSR count). The lowest BCUT2D eigenvalue weighted by molar-refractivity contribution is -0.168. The van der Waals surface area contributed by atoms with Crippen molar-refractivity contribution in [3.05, 3.63) is 0 Å². The number of amides is 4. The van der Waals surface area contributed by atoms with E-state index in [0.717, 1.165) is 0 Å². The van der Waals surface area contributed by atoms with Crippen molar-refractivity contribution in [3.63, 3.8) is 0 Å². The maximum absolute atomic E-state index is 12.5. The van der Waals surface area contributed by atoms with Crippen molar-refractivity contribution in [1.82, 2.24) is 21.3 Å². The largest absolute Gasteiger partial charge is 0.457 e. The number of hydrogen-bond acceptors (Lipinski definition) is 14. The third-order valence-corrected chi connectivity index (χ3v) is 8.64. The monoisotopic (exact) mass is 662 g/mol. The molecule has 4 N–H and O–H groups in total. The number of cyclic esters (lactones) is 4. The first-order chi connectivity index (χ1) is 20.6. The average molecular weight is 663 g/mol. The predicted octanol–water partition coefficient (Wildman–Crippen LogP) is -1.40. The van der Waals surface area contributed by atoms with E-state index in [-0.39, 0.29) is 51.0 Å². The highest BCUT2D eigenvalue weighted by molar-refractivity contribution is 8.76. The Hall–Kier alpha value is -3.54. The molecule has 18 heteroatoms. The minimum absolute atomic E-state index is 0.00418. The van der Waals surface area contributed by atoms with Crippen molar-refractivity contribution in [3.8, 4) is 0 Å². The molecule has 2 heterocycles. The van der Waals surface area contributed by atoms with Crippen LogP contribution < -0.4 is 21.3 Å². The van der Waals surface area contributed by atoms with Gasteiger partial charge in [-0.15, -0.1) is 0 Å². The molecule has 2 fully saturated rings. The van der Waals surface area contributed by atoms with Crippen LogP contribution in [0.15, 0.2) is 0 Å². The molecule has 0 saturated carbocycles. The van der Waals surface area contributed by atoms with E-state index in [1.165, 1.54) is 21.6 Å². The van der Waals surface area contributed by atoms with Crippen LogP contribution in [0.4, 0.5) is 0 Å². The summed E-state index contributed by atoms with van der Waals surface area (Å²) < 4.78 is 19.5. The standard InChI is InChI=1S/C26H38N4O12S2/c1-25(2)13-39-21(35)23(37)41-17(25)19(33)29-7-5-15(31)27-9-11-43-44-12-10-28-16(32)6-8-30-20(34)18-26(3,4)14-40-22(36)24(38)42-18/h17-18H,5-14H2,1-4H3,(H,27,31)(H,28,32)(H,29,33)(H,30,34)/t17-,18-/m1/s1. The quantitative estimate of drug-likeness (QED) is 0.0521. The number of rotatable bonds is 15. The van der Waals surface area contributed by atoms with Crippen LogP contribution in [0.1, 0.15) is 40.5 Å². The Morgan fingerprint density at radius 2 is 0.977 bits per heavy atom. The maximum atomic E-state index is 12.5. The molecule has 0 bridgehead atoms. The highest BCUT2D eigenvalue weighted by Crippen LogP contribution is 2.28. The Labute approximate surface area is 261 Å². The molecule has 0 unspecified atom stereocenters. The maximum Gasteiger partial charge on any atom is 0.418 e. The highest BCUT2D eigenvalue weighted by atomic mass is 33.1. The lowest BCUT2D eigenvalue weighted by Crippen LogP contribution is -2.47. The molecule has 2 aliphatic rings. The summed E-state index contributed by atoms with van der Waals surface area (Å²) in [6.45, 7) is 6.93. The first kappa shape index (κ1) is 36.7. The molecule has 0 aromatic carbocycles. The van der Waals surface area contributed by atoms with Crippen LogP contribution in [0.25, 0.3) is 0 Å². The Morgan fingerprint density at radius 1 is 0.614 bits per heavy atom. The van der Waals surface area contributed by atoms with Crippen molar-refractivity contribution in [2.24, 2.45) is 10.8 Å². The van der Waals surface area contributed by atoms with E-state index in [0.29, 0.717) is 24.6 Å². The molecule has 2 aliphatic heterocycles. The average Bonchev–Trinajstić information content (AvgIpc) is 3.13. The van der Waals surface area contributed by atoms with Gasteiger partial charge in [-0.05, 0) is 0 Å². The van der Waals surface area contributed by atoms with E-state index in [1.807, 2.05) is 0 Å². The number of nitrogens with one attached hydrogen (secondary N) is 4. The zero-order valence-corrected chi connectivity index (χ0v) is 26.6. The fraction of sp³-hybridized carbons (Fsp3) is 0.692. The Morgan fingerprint density at radius 3 is 1.34 bits per heavy atom. The fourth-order valence-electron chi connectivity index (χ4n) is 3.76. The molecule has 0 aromatic rings. The van der Waals surface area contributed by atoms with Crippen molar-refractivity contribution in [1.29, 1.82) is 0 Å². The zero-order chi connectivity index (χ0) is 32.9. The lowest BCUT2D eigenvalue weighted by atomic mass is 9.87. The van der Waals surface area contributed by atoms with Crippen LogP contribution in [0.5, 0.6) is 0 Å². The Balaban J connectivity index is 1.50. The molecule has 2 saturated heterocycles. The first-order valence-corrected chi connectivity index (χ1v) is 16.2. The first-order valence-electron chi connectivity index (χ1n) is 13.7. The van der Waals surface area contributed by atoms with Gasteiger partial charge in [-0.2, -0.15) is 0 Å². The van der Waals surface area contributed by atoms with Crippen LogP contribution >= 0.6 is 21.6 Å². The Kier molecular flexibility index (Phi) is 14.2. The summed E-state index contributed by atoms with van der Waals surface area (Å²) >= 11 is 0. The van der Waals surface area contributed by atoms with Gasteiger partial charge >= 0.3 is 23.9 Å². The second-order valence-corrected chi connectivity index (χ2v) is 13.8. The molecular formula is C26H38N4O12S2. The molecule has 0 spiro atoms. The van der Waals surface area contributed by atoms with Gasteiger partial charge in [0.2, 0.25) is 11.8 Å². The molecule has 246 valence electrons. The summed E-state index contributed by atoms with van der Waals surface area (Å²) in [5.74, 6) is -5.42. The summed E-state index contributed by atoms with van der Waals surface area (Å²) in [4.78, 5) is 95.0. The molecule has 0 aliphatic carbocycles. The van der Waals surface area contributed by atoms with Crippen LogP contribution in [-0.2, 0) is 57.3 Å². The molecule has 44 heavy (non-hydrogen) atoms. The third-order valence-electron chi connectivity index (χ3n) is 6.23. The van der Waals surface area contributed by atoms with E-state index < -0.39 is 58.7 Å². The molecule has 2 atom stereocenters. The van der Waals surface area contributed by atoms with E-state index >= 15 is 0 Å². The molecular weight excluding hydrogens is 624 g/mol. The van der Waals surface area contributed by atoms with E-state index in [1.54, 1.807) is 27.7 Å². The SMILES string of the molecule is CC1(C)COC(=O)C(=O)O[C@@H]1C(=O)NCCC(=O)NCCSSCCNC(=O)CCNC(=O)[C@H]1OC(=O)C(=O)OCC1(C)C. The highest BCUT2D eigenvalue weighted by Gasteiger charge is 2.45. The zero-order valence-electron chi connectivity index (χ0n) is 24.9. The van der Waals surface area contributed by atoms with E-state index in [2.05, 4.69) is 21.3 Å². The predicted molar refractivity (Wildman–Crippen MR) is 155 cm³/mol. The molecule has 16 nitrogen and oxygen atoms in total. The van der Waals surface area contributed by atoms with Gasteiger partial charge in [0, 0.05) is 61.4 Å². The van der Waals surface area contributed by atoms with Crippen LogP contribution in [0.3, 0.4) is 0 Å². The van der Waals surface area contributed by atoms with Crippen LogP contribution in [0, 0.1) is 10.8 Å². The van der Waals surface area contributed by atoms with Gasteiger partial charge in [0.1, 0.15) is 13.2 Å². The van der Waals surface area contributed by atoms with Gasteiger partial charge < -0.3 is 40.2 Å². The van der Waals surface area contributed by atoms with Gasteiger partial charge in [0.25, 0.3) is 11.8 Å².